The summed E-state index contributed by atoms with van der Waals surface area (Å²) >= 11 is 0. The highest BCUT2D eigenvalue weighted by atomic mass is 16.5. The molecular weight excluding hydrogens is 985 g/mol. The van der Waals surface area contributed by atoms with E-state index in [1.807, 2.05) is 29.2 Å². The molecule has 404 valence electrons. The van der Waals surface area contributed by atoms with Gasteiger partial charge in [0.2, 0.25) is 11.6 Å². The van der Waals surface area contributed by atoms with E-state index in [0.717, 1.165) is 55.3 Å². The number of nitrogens with zero attached hydrogens (tertiary/aromatic N) is 15. The Morgan fingerprint density at radius 3 is 1.61 bits per heavy atom. The largest absolute Gasteiger partial charge is 0.482 e. The van der Waals surface area contributed by atoms with Crippen molar-refractivity contribution in [2.24, 2.45) is 17.8 Å². The zero-order chi connectivity index (χ0) is 53.3. The molecule has 0 spiro atoms. The summed E-state index contributed by atoms with van der Waals surface area (Å²) in [5.74, 6) is 2.36. The lowest BCUT2D eigenvalue weighted by Gasteiger charge is -2.32. The molecule has 0 saturated carbocycles. The van der Waals surface area contributed by atoms with Crippen LogP contribution in [0.3, 0.4) is 0 Å². The molecule has 8 aromatic rings. The van der Waals surface area contributed by atoms with Gasteiger partial charge in [-0.25, -0.2) is 19.0 Å². The van der Waals surface area contributed by atoms with Crippen molar-refractivity contribution in [3.63, 3.8) is 0 Å². The quantitative estimate of drug-likeness (QED) is 0.0723. The number of nitrogens with one attached hydrogen (secondary N) is 3. The molecule has 6 aromatic heterocycles. The molecule has 77 heavy (non-hydrogen) atoms. The number of tetrazole rings is 2. The van der Waals surface area contributed by atoms with E-state index < -0.39 is 0 Å². The molecule has 2 aromatic carbocycles. The third-order valence-electron chi connectivity index (χ3n) is 13.8. The molecule has 0 bridgehead atoms. The SMILES string of the molecule is C.CCC(CC)CN1C(=O)COc2ccc(CNC(=O)c3cc(-c4nnn(CC(CC)CC)n4)n4nccc4n3)cc21.CCC(CC)Cn1nnc(-c2cc(C(=O)NCc3ccc4c(c3)NC(=O)CO4)nc3ccnn23)n1. The topological polar surface area (TPSA) is 274 Å². The standard InChI is InChI=1S/C29H37N9O3.C23H25N9O3.CH4/c1-5-19(6-2)16-36-23-13-21(9-10-25(23)41-18-27(36)39)15-30-29(40)22-14-24(38-26(32-22)11-12-31-38)28-33-35-37(34-28)17-20(7-3)8-4;1-3-14(4-2)12-31-29-22(28-30-31)18-10-17(26-20-7-8-25-32(18)20)23(34)24-11-15-5-6-19-16(9-15)27-21(33)13-35-19;/h9-14,19-20H,5-8,15-18H2,1-4H3,(H,30,40);5-10,14H,3-4,11-13H2,1-2H3,(H,24,34)(H,27,33);1H4. The molecular formula is C53H66N18O6. The van der Waals surface area contributed by atoms with Crippen molar-refractivity contribution < 1.29 is 28.7 Å². The van der Waals surface area contributed by atoms with Crippen molar-refractivity contribution in [1.82, 2.24) is 80.2 Å². The minimum Gasteiger partial charge on any atom is -0.482 e. The minimum atomic E-state index is -0.364. The summed E-state index contributed by atoms with van der Waals surface area (Å²) in [4.78, 5) is 64.4. The van der Waals surface area contributed by atoms with Crippen molar-refractivity contribution in [2.45, 2.75) is 114 Å². The van der Waals surface area contributed by atoms with E-state index in [-0.39, 0.29) is 68.7 Å². The maximum Gasteiger partial charge on any atom is 0.270 e. The molecule has 0 aliphatic carbocycles. The van der Waals surface area contributed by atoms with Crippen molar-refractivity contribution in [1.29, 1.82) is 0 Å². The Bertz CT molecular complexity index is 3350. The van der Waals surface area contributed by atoms with Gasteiger partial charge in [0.25, 0.3) is 23.6 Å². The number of hydrogen-bond donors (Lipinski definition) is 3. The Hall–Kier alpha value is -8.70. The highest BCUT2D eigenvalue weighted by molar-refractivity contribution is 5.98. The predicted octanol–water partition coefficient (Wildman–Crippen LogP) is 6.63. The molecule has 24 heteroatoms. The van der Waals surface area contributed by atoms with Crippen LogP contribution in [0.15, 0.2) is 73.1 Å². The van der Waals surface area contributed by atoms with Crippen molar-refractivity contribution >= 4 is 46.3 Å². The monoisotopic (exact) mass is 1050 g/mol. The second kappa shape index (κ2) is 24.8. The highest BCUT2D eigenvalue weighted by Crippen LogP contribution is 2.34. The fourth-order valence-corrected chi connectivity index (χ4v) is 8.93. The van der Waals surface area contributed by atoms with Gasteiger partial charge in [0.1, 0.15) is 34.3 Å². The van der Waals surface area contributed by atoms with Gasteiger partial charge in [-0.2, -0.15) is 19.8 Å². The summed E-state index contributed by atoms with van der Waals surface area (Å²) in [5.41, 5.74) is 5.46. The molecule has 4 amide bonds. The first-order valence-corrected chi connectivity index (χ1v) is 25.9. The lowest BCUT2D eigenvalue weighted by Crippen LogP contribution is -2.41. The molecule has 0 radical (unpaired) electrons. The fourth-order valence-electron chi connectivity index (χ4n) is 8.93. The Balaban J connectivity index is 0.000000203. The van der Waals surface area contributed by atoms with Crippen LogP contribution in [-0.4, -0.2) is 113 Å². The first-order chi connectivity index (χ1) is 37.0. The normalized spacial score (nSPS) is 12.9. The molecule has 24 nitrogen and oxygen atoms in total. The van der Waals surface area contributed by atoms with Gasteiger partial charge < -0.3 is 30.3 Å². The van der Waals surface area contributed by atoms with Gasteiger partial charge in [-0.1, -0.05) is 99.6 Å². The van der Waals surface area contributed by atoms with E-state index >= 15 is 0 Å². The van der Waals surface area contributed by atoms with Crippen molar-refractivity contribution in [3.05, 3.63) is 95.6 Å². The summed E-state index contributed by atoms with van der Waals surface area (Å²) in [6.45, 7) is 15.4. The molecule has 10 rings (SSSR count). The third kappa shape index (κ3) is 12.5. The van der Waals surface area contributed by atoms with Crippen LogP contribution in [0.1, 0.15) is 120 Å². The maximum absolute atomic E-state index is 13.3. The first-order valence-electron chi connectivity index (χ1n) is 25.9. The Labute approximate surface area is 445 Å². The van der Waals surface area contributed by atoms with Gasteiger partial charge in [-0.05, 0) is 75.7 Å². The smallest absolute Gasteiger partial charge is 0.270 e. The molecule has 0 saturated heterocycles. The number of carbonyl (C=O) groups is 4. The van der Waals surface area contributed by atoms with Gasteiger partial charge in [0.15, 0.2) is 24.5 Å². The van der Waals surface area contributed by atoms with Crippen molar-refractivity contribution in [3.8, 4) is 34.5 Å². The number of anilines is 2. The molecule has 2 aliphatic rings. The van der Waals surface area contributed by atoms with Gasteiger partial charge in [-0.15, -0.1) is 20.4 Å². The fraction of sp³-hybridized carbons (Fsp3) is 0.434. The number of rotatable bonds is 20. The van der Waals surface area contributed by atoms with E-state index in [9.17, 15) is 19.2 Å². The van der Waals surface area contributed by atoms with E-state index in [4.69, 9.17) is 9.47 Å². The Kier molecular flexibility index (Phi) is 17.5. The summed E-state index contributed by atoms with van der Waals surface area (Å²) < 4.78 is 14.2. The predicted molar refractivity (Wildman–Crippen MR) is 286 cm³/mol. The lowest BCUT2D eigenvalue weighted by atomic mass is 10.0. The van der Waals surface area contributed by atoms with Crippen LogP contribution in [-0.2, 0) is 35.8 Å². The van der Waals surface area contributed by atoms with E-state index in [1.54, 1.807) is 67.4 Å². The van der Waals surface area contributed by atoms with E-state index in [1.165, 1.54) is 0 Å². The zero-order valence-electron chi connectivity index (χ0n) is 43.5. The lowest BCUT2D eigenvalue weighted by molar-refractivity contribution is -0.121. The molecule has 0 atom stereocenters. The molecule has 0 unspecified atom stereocenters. The summed E-state index contributed by atoms with van der Waals surface area (Å²) in [6.07, 6.45) is 9.32. The molecule has 2 aliphatic heterocycles. The van der Waals surface area contributed by atoms with Crippen molar-refractivity contribution in [2.75, 3.05) is 30.0 Å². The van der Waals surface area contributed by atoms with Crippen LogP contribution in [0.2, 0.25) is 0 Å². The van der Waals surface area contributed by atoms with Gasteiger partial charge in [0, 0.05) is 31.8 Å². The summed E-state index contributed by atoms with van der Waals surface area (Å²) in [5, 5.41) is 43.1. The molecule has 3 N–H and O–H groups in total. The van der Waals surface area contributed by atoms with Crippen LogP contribution in [0.25, 0.3) is 34.3 Å². The summed E-state index contributed by atoms with van der Waals surface area (Å²) in [7, 11) is 0. The number of ether oxygens (including phenoxy) is 2. The Morgan fingerprint density at radius 1 is 0.610 bits per heavy atom. The third-order valence-corrected chi connectivity index (χ3v) is 13.8. The van der Waals surface area contributed by atoms with Crippen LogP contribution >= 0.6 is 0 Å². The summed E-state index contributed by atoms with van der Waals surface area (Å²) in [6, 6.07) is 17.7. The van der Waals surface area contributed by atoms with Crippen LogP contribution in [0, 0.1) is 17.8 Å². The second-order valence-electron chi connectivity index (χ2n) is 18.8. The van der Waals surface area contributed by atoms with Gasteiger partial charge >= 0.3 is 0 Å². The number of aromatic nitrogens is 14. The van der Waals surface area contributed by atoms with Crippen LogP contribution in [0.5, 0.6) is 11.5 Å². The minimum absolute atomic E-state index is 0. The van der Waals surface area contributed by atoms with E-state index in [2.05, 4.69) is 108 Å². The highest BCUT2D eigenvalue weighted by Gasteiger charge is 2.28. The van der Waals surface area contributed by atoms with Gasteiger partial charge in [0.05, 0.1) is 36.9 Å². The average Bonchev–Trinajstić information content (AvgIpc) is 4.33. The van der Waals surface area contributed by atoms with E-state index in [0.29, 0.717) is 88.9 Å². The second-order valence-corrected chi connectivity index (χ2v) is 18.8. The number of hydrogen-bond acceptors (Lipinski definition) is 16. The van der Waals surface area contributed by atoms with Crippen LogP contribution < -0.4 is 30.3 Å². The number of fused-ring (bicyclic) bond motifs is 4. The zero-order valence-corrected chi connectivity index (χ0v) is 43.5. The number of amides is 4. The Morgan fingerprint density at radius 2 is 1.09 bits per heavy atom. The number of benzene rings is 2. The molecule has 0 fully saturated rings. The maximum atomic E-state index is 13.3. The van der Waals surface area contributed by atoms with Crippen LogP contribution in [0.4, 0.5) is 11.4 Å². The molecule has 8 heterocycles. The van der Waals surface area contributed by atoms with Gasteiger partial charge in [-0.3, -0.25) is 19.2 Å². The first kappa shape index (κ1) is 54.6. The average molecular weight is 1050 g/mol. The number of carbonyl (C=O) groups excluding carboxylic acids is 4.